The molecule has 1 saturated heterocycles. The van der Waals surface area contributed by atoms with E-state index in [0.29, 0.717) is 6.04 Å². The molecule has 1 aliphatic rings. The molecule has 1 unspecified atom stereocenters. The van der Waals surface area contributed by atoms with Gasteiger partial charge in [-0.05, 0) is 44.1 Å². The Kier molecular flexibility index (Phi) is 6.52. The van der Waals surface area contributed by atoms with Gasteiger partial charge in [0, 0.05) is 42.4 Å². The lowest BCUT2D eigenvalue weighted by molar-refractivity contribution is 0.213. The average Bonchev–Trinajstić information content (AvgIpc) is 2.49. The van der Waals surface area contributed by atoms with E-state index in [0.717, 1.165) is 32.7 Å². The van der Waals surface area contributed by atoms with E-state index in [9.17, 15) is 0 Å². The van der Waals surface area contributed by atoms with Crippen molar-refractivity contribution in [3.05, 3.63) is 28.2 Å². The largest absolute Gasteiger partial charge is 0.368 e. The van der Waals surface area contributed by atoms with E-state index in [1.54, 1.807) is 0 Å². The van der Waals surface area contributed by atoms with Crippen LogP contribution in [0.2, 0.25) is 0 Å². The summed E-state index contributed by atoms with van der Waals surface area (Å²) in [5, 5.41) is 3.53. The average molecular weight is 354 g/mol. The van der Waals surface area contributed by atoms with Crippen LogP contribution in [-0.4, -0.2) is 44.2 Å². The van der Waals surface area contributed by atoms with Crippen LogP contribution in [0, 0.1) is 0 Å². The zero-order valence-corrected chi connectivity index (χ0v) is 15.1. The summed E-state index contributed by atoms with van der Waals surface area (Å²) in [6, 6.07) is 7.34. The van der Waals surface area contributed by atoms with Crippen LogP contribution in [0.3, 0.4) is 0 Å². The smallest absolute Gasteiger partial charge is 0.0424 e. The first kappa shape index (κ1) is 16.8. The van der Waals surface area contributed by atoms with Gasteiger partial charge in [-0.1, -0.05) is 35.8 Å². The topological polar surface area (TPSA) is 18.5 Å². The number of halogens is 1. The normalized spacial score (nSPS) is 20.0. The highest BCUT2D eigenvalue weighted by atomic mass is 79.9. The molecule has 4 heteroatoms. The number of anilines is 1. The maximum atomic E-state index is 3.63. The molecule has 0 aliphatic carbocycles. The van der Waals surface area contributed by atoms with Crippen molar-refractivity contribution in [2.24, 2.45) is 0 Å². The minimum Gasteiger partial charge on any atom is -0.368 e. The molecule has 1 atom stereocenters. The second-order valence-corrected chi connectivity index (χ2v) is 6.85. The quantitative estimate of drug-likeness (QED) is 0.789. The number of benzene rings is 1. The van der Waals surface area contributed by atoms with E-state index < -0.39 is 0 Å². The number of hydrogen-bond donors (Lipinski definition) is 1. The Morgan fingerprint density at radius 3 is 2.81 bits per heavy atom. The van der Waals surface area contributed by atoms with Gasteiger partial charge >= 0.3 is 0 Å². The fraction of sp³-hybridized carbons (Fsp3) is 0.647. The number of nitrogens with zero attached hydrogens (tertiary/aromatic N) is 2. The van der Waals surface area contributed by atoms with Gasteiger partial charge in [-0.25, -0.2) is 0 Å². The lowest BCUT2D eigenvalue weighted by Crippen LogP contribution is -2.51. The molecule has 0 amide bonds. The second-order valence-electron chi connectivity index (χ2n) is 5.94. The van der Waals surface area contributed by atoms with E-state index in [2.05, 4.69) is 70.1 Å². The number of likely N-dealkylation sites (N-methyl/N-ethyl adjacent to an activating group) is 1. The molecule has 0 bridgehead atoms. The monoisotopic (exact) mass is 353 g/mol. The Labute approximate surface area is 137 Å². The molecule has 0 spiro atoms. The molecule has 1 fully saturated rings. The summed E-state index contributed by atoms with van der Waals surface area (Å²) in [4.78, 5) is 5.05. The number of piperazine rings is 1. The minimum absolute atomic E-state index is 0.661. The zero-order chi connectivity index (χ0) is 15.2. The van der Waals surface area contributed by atoms with Gasteiger partial charge < -0.3 is 10.2 Å². The van der Waals surface area contributed by atoms with Crippen molar-refractivity contribution in [3.63, 3.8) is 0 Å². The Bertz CT molecular complexity index is 450. The summed E-state index contributed by atoms with van der Waals surface area (Å²) < 4.78 is 1.17. The first-order valence-corrected chi connectivity index (χ1v) is 8.89. The van der Waals surface area contributed by atoms with Crippen molar-refractivity contribution >= 4 is 21.6 Å². The molecule has 1 aromatic rings. The maximum absolute atomic E-state index is 3.63. The van der Waals surface area contributed by atoms with Crippen molar-refractivity contribution < 1.29 is 0 Å². The van der Waals surface area contributed by atoms with Crippen LogP contribution in [0.4, 0.5) is 5.69 Å². The van der Waals surface area contributed by atoms with Gasteiger partial charge in [0.15, 0.2) is 0 Å². The number of nitrogens with one attached hydrogen (secondary N) is 1. The molecule has 0 aromatic heterocycles. The predicted octanol–water partition coefficient (Wildman–Crippen LogP) is 3.48. The predicted molar refractivity (Wildman–Crippen MR) is 95.1 cm³/mol. The van der Waals surface area contributed by atoms with Gasteiger partial charge in [0.2, 0.25) is 0 Å². The molecule has 1 N–H and O–H groups in total. The Morgan fingerprint density at radius 1 is 1.29 bits per heavy atom. The fourth-order valence-electron chi connectivity index (χ4n) is 2.99. The number of hydrogen-bond acceptors (Lipinski definition) is 3. The lowest BCUT2D eigenvalue weighted by Gasteiger charge is -2.41. The zero-order valence-electron chi connectivity index (χ0n) is 13.5. The minimum atomic E-state index is 0.661. The summed E-state index contributed by atoms with van der Waals surface area (Å²) in [5.74, 6) is 0. The molecule has 0 radical (unpaired) electrons. The summed E-state index contributed by atoms with van der Waals surface area (Å²) in [6.07, 6.45) is 2.39. The Morgan fingerprint density at radius 2 is 2.10 bits per heavy atom. The van der Waals surface area contributed by atoms with Crippen molar-refractivity contribution in [1.29, 1.82) is 0 Å². The van der Waals surface area contributed by atoms with E-state index in [1.807, 2.05) is 0 Å². The summed E-state index contributed by atoms with van der Waals surface area (Å²) in [5.41, 5.74) is 2.80. The maximum Gasteiger partial charge on any atom is 0.0424 e. The van der Waals surface area contributed by atoms with Crippen molar-refractivity contribution in [1.82, 2.24) is 10.2 Å². The van der Waals surface area contributed by atoms with Crippen LogP contribution < -0.4 is 10.2 Å². The van der Waals surface area contributed by atoms with Crippen molar-refractivity contribution in [2.75, 3.05) is 38.1 Å². The molecular formula is C17H28BrN3. The third kappa shape index (κ3) is 4.44. The molecule has 3 nitrogen and oxygen atoms in total. The van der Waals surface area contributed by atoms with Crippen molar-refractivity contribution in [3.8, 4) is 0 Å². The van der Waals surface area contributed by atoms with Crippen LogP contribution >= 0.6 is 15.9 Å². The Balaban J connectivity index is 2.15. The Hall–Kier alpha value is -0.580. The van der Waals surface area contributed by atoms with E-state index in [4.69, 9.17) is 0 Å². The molecule has 21 heavy (non-hydrogen) atoms. The van der Waals surface area contributed by atoms with Gasteiger partial charge in [-0.15, -0.1) is 0 Å². The highest BCUT2D eigenvalue weighted by Crippen LogP contribution is 2.27. The van der Waals surface area contributed by atoms with Crippen molar-refractivity contribution in [2.45, 2.75) is 39.3 Å². The first-order chi connectivity index (χ1) is 10.2. The van der Waals surface area contributed by atoms with E-state index in [-0.39, 0.29) is 0 Å². The highest BCUT2D eigenvalue weighted by molar-refractivity contribution is 9.10. The third-order valence-corrected chi connectivity index (χ3v) is 4.87. The van der Waals surface area contributed by atoms with Gasteiger partial charge in [-0.3, -0.25) is 4.90 Å². The molecule has 2 rings (SSSR count). The third-order valence-electron chi connectivity index (χ3n) is 4.38. The van der Waals surface area contributed by atoms with E-state index >= 15 is 0 Å². The second kappa shape index (κ2) is 8.16. The van der Waals surface area contributed by atoms with Crippen LogP contribution in [0.5, 0.6) is 0 Å². The first-order valence-electron chi connectivity index (χ1n) is 8.10. The molecule has 0 saturated carbocycles. The molecule has 1 aliphatic heterocycles. The van der Waals surface area contributed by atoms with Gasteiger partial charge in [0.1, 0.15) is 0 Å². The van der Waals surface area contributed by atoms with Crippen LogP contribution in [0.25, 0.3) is 0 Å². The van der Waals surface area contributed by atoms with E-state index in [1.165, 1.54) is 28.6 Å². The van der Waals surface area contributed by atoms with Crippen LogP contribution in [0.15, 0.2) is 22.7 Å². The van der Waals surface area contributed by atoms with Crippen LogP contribution in [0.1, 0.15) is 32.3 Å². The number of rotatable bonds is 6. The fourth-order valence-corrected chi connectivity index (χ4v) is 3.34. The summed E-state index contributed by atoms with van der Waals surface area (Å²) in [7, 11) is 2.25. The molecule has 1 heterocycles. The SMILES string of the molecule is CCCNCc1ccc(Br)cc1N1CCN(C)C(CC)C1. The highest BCUT2D eigenvalue weighted by Gasteiger charge is 2.24. The summed E-state index contributed by atoms with van der Waals surface area (Å²) in [6.45, 7) is 9.92. The standard InChI is InChI=1S/C17H28BrN3/c1-4-8-19-12-14-6-7-15(18)11-17(14)21-10-9-20(3)16(5-2)13-21/h6-7,11,16,19H,4-5,8-10,12-13H2,1-3H3. The molecular weight excluding hydrogens is 326 g/mol. The molecule has 118 valence electrons. The van der Waals surface area contributed by atoms with Gasteiger partial charge in [-0.2, -0.15) is 0 Å². The lowest BCUT2D eigenvalue weighted by atomic mass is 10.1. The van der Waals surface area contributed by atoms with Gasteiger partial charge in [0.05, 0.1) is 0 Å². The summed E-state index contributed by atoms with van der Waals surface area (Å²) >= 11 is 3.63. The van der Waals surface area contributed by atoms with Gasteiger partial charge in [0.25, 0.3) is 0 Å². The molecule has 1 aromatic carbocycles. The van der Waals surface area contributed by atoms with Crippen LogP contribution in [-0.2, 0) is 6.54 Å².